The van der Waals surface area contributed by atoms with E-state index in [-0.39, 0.29) is 23.9 Å². The van der Waals surface area contributed by atoms with Crippen LogP contribution >= 0.6 is 0 Å². The van der Waals surface area contributed by atoms with Gasteiger partial charge >= 0.3 is 0 Å². The van der Waals surface area contributed by atoms with Crippen LogP contribution in [0.2, 0.25) is 0 Å². The molecular weight excluding hydrogens is 426 g/mol. The molecule has 166 valence electrons. The first-order valence-electron chi connectivity index (χ1n) is 10.4. The van der Waals surface area contributed by atoms with E-state index in [1.165, 1.54) is 4.31 Å². The van der Waals surface area contributed by atoms with Gasteiger partial charge in [0, 0.05) is 45.1 Å². The van der Waals surface area contributed by atoms with Crippen molar-refractivity contribution in [1.82, 2.24) is 19.2 Å². The summed E-state index contributed by atoms with van der Waals surface area (Å²) in [6, 6.07) is 19.3. The average molecular weight is 452 g/mol. The quantitative estimate of drug-likeness (QED) is 0.546. The smallest absolute Gasteiger partial charge is 0.243 e. The number of anilines is 1. The van der Waals surface area contributed by atoms with Crippen LogP contribution in [-0.4, -0.2) is 66.2 Å². The molecule has 32 heavy (non-hydrogen) atoms. The molecule has 0 aliphatic carbocycles. The first-order chi connectivity index (χ1) is 15.5. The van der Waals surface area contributed by atoms with Gasteiger partial charge in [0.2, 0.25) is 21.9 Å². The summed E-state index contributed by atoms with van der Waals surface area (Å²) >= 11 is 0. The van der Waals surface area contributed by atoms with Crippen LogP contribution < -0.4 is 4.90 Å². The third-order valence-electron chi connectivity index (χ3n) is 5.36. The minimum atomic E-state index is -3.83. The molecule has 1 amide bonds. The highest BCUT2D eigenvalue weighted by Crippen LogP contribution is 2.19. The van der Waals surface area contributed by atoms with Crippen LogP contribution in [0.3, 0.4) is 0 Å². The van der Waals surface area contributed by atoms with Gasteiger partial charge in [-0.1, -0.05) is 48.5 Å². The molecule has 1 aromatic heterocycles. The van der Waals surface area contributed by atoms with Crippen molar-refractivity contribution in [2.45, 2.75) is 11.4 Å². The molecule has 9 heteroatoms. The van der Waals surface area contributed by atoms with E-state index in [9.17, 15) is 13.2 Å². The lowest BCUT2D eigenvalue weighted by atomic mass is 10.2. The lowest BCUT2D eigenvalue weighted by Crippen LogP contribution is -2.52. The average Bonchev–Trinajstić information content (AvgIpc) is 2.85. The van der Waals surface area contributed by atoms with Crippen LogP contribution in [0.5, 0.6) is 0 Å². The zero-order valence-corrected chi connectivity index (χ0v) is 18.4. The van der Waals surface area contributed by atoms with E-state index >= 15 is 0 Å². The Kier molecular flexibility index (Phi) is 6.77. The van der Waals surface area contributed by atoms with Crippen LogP contribution in [0.4, 0.5) is 5.95 Å². The van der Waals surface area contributed by atoms with Crippen LogP contribution in [0.25, 0.3) is 0 Å². The Balaban J connectivity index is 1.48. The Morgan fingerprint density at radius 1 is 0.844 bits per heavy atom. The Labute approximate surface area is 188 Å². The van der Waals surface area contributed by atoms with Gasteiger partial charge in [-0.15, -0.1) is 0 Å². The second-order valence-electron chi connectivity index (χ2n) is 7.49. The molecule has 0 saturated carbocycles. The number of sulfonamides is 1. The highest BCUT2D eigenvalue weighted by Gasteiger charge is 2.30. The maximum atomic E-state index is 13.3. The molecule has 0 spiro atoms. The summed E-state index contributed by atoms with van der Waals surface area (Å²) in [6.07, 6.45) is 3.38. The predicted molar refractivity (Wildman–Crippen MR) is 121 cm³/mol. The van der Waals surface area contributed by atoms with Crippen molar-refractivity contribution >= 4 is 21.9 Å². The van der Waals surface area contributed by atoms with Gasteiger partial charge in [0.05, 0.1) is 11.4 Å². The topological polar surface area (TPSA) is 86.7 Å². The normalized spacial score (nSPS) is 14.5. The Morgan fingerprint density at radius 3 is 2.06 bits per heavy atom. The summed E-state index contributed by atoms with van der Waals surface area (Å²) in [5, 5.41) is 0. The van der Waals surface area contributed by atoms with E-state index in [2.05, 4.69) is 9.97 Å². The molecule has 0 radical (unpaired) electrons. The number of carbonyl (C=O) groups is 1. The summed E-state index contributed by atoms with van der Waals surface area (Å²) in [4.78, 5) is 25.5. The monoisotopic (exact) mass is 451 g/mol. The molecule has 0 N–H and O–H groups in total. The van der Waals surface area contributed by atoms with Crippen LogP contribution in [0.1, 0.15) is 5.56 Å². The SMILES string of the molecule is O=C(CN(Cc1ccccc1)S(=O)(=O)c1ccccc1)N1CCN(c2ncccn2)CC1. The molecule has 0 unspecified atom stereocenters. The van der Waals surface area contributed by atoms with E-state index in [0.717, 1.165) is 5.56 Å². The summed E-state index contributed by atoms with van der Waals surface area (Å²) in [5.41, 5.74) is 0.825. The minimum absolute atomic E-state index is 0.127. The van der Waals surface area contributed by atoms with E-state index in [1.54, 1.807) is 53.7 Å². The Hall–Kier alpha value is -3.30. The van der Waals surface area contributed by atoms with Gasteiger partial charge in [-0.25, -0.2) is 18.4 Å². The van der Waals surface area contributed by atoms with Crippen molar-refractivity contribution in [3.8, 4) is 0 Å². The van der Waals surface area contributed by atoms with E-state index in [4.69, 9.17) is 0 Å². The molecule has 8 nitrogen and oxygen atoms in total. The molecule has 1 aliphatic heterocycles. The molecule has 1 aliphatic rings. The predicted octanol–water partition coefficient (Wildman–Crippen LogP) is 2.02. The maximum absolute atomic E-state index is 13.3. The largest absolute Gasteiger partial charge is 0.338 e. The molecule has 2 aromatic carbocycles. The highest BCUT2D eigenvalue weighted by atomic mass is 32.2. The summed E-state index contributed by atoms with van der Waals surface area (Å²) in [5.74, 6) is 0.422. The number of hydrogen-bond donors (Lipinski definition) is 0. The third kappa shape index (κ3) is 5.12. The first-order valence-corrected chi connectivity index (χ1v) is 11.9. The number of benzene rings is 2. The number of amides is 1. The zero-order chi connectivity index (χ0) is 22.4. The summed E-state index contributed by atoms with van der Waals surface area (Å²) < 4.78 is 27.9. The number of piperazine rings is 1. The molecule has 1 fully saturated rings. The second kappa shape index (κ2) is 9.88. The number of aromatic nitrogens is 2. The van der Waals surface area contributed by atoms with Crippen molar-refractivity contribution < 1.29 is 13.2 Å². The van der Waals surface area contributed by atoms with Crippen molar-refractivity contribution in [2.75, 3.05) is 37.6 Å². The summed E-state index contributed by atoms with van der Waals surface area (Å²) in [7, 11) is -3.83. The fourth-order valence-corrected chi connectivity index (χ4v) is 5.01. The highest BCUT2D eigenvalue weighted by molar-refractivity contribution is 7.89. The van der Waals surface area contributed by atoms with Gasteiger partial charge < -0.3 is 9.80 Å². The van der Waals surface area contributed by atoms with Crippen molar-refractivity contribution in [3.63, 3.8) is 0 Å². The van der Waals surface area contributed by atoms with Gasteiger partial charge in [-0.05, 0) is 23.8 Å². The zero-order valence-electron chi connectivity index (χ0n) is 17.6. The molecule has 0 atom stereocenters. The Morgan fingerprint density at radius 2 is 1.44 bits per heavy atom. The number of rotatable bonds is 7. The minimum Gasteiger partial charge on any atom is -0.338 e. The number of carbonyl (C=O) groups excluding carboxylic acids is 1. The molecule has 4 rings (SSSR count). The van der Waals surface area contributed by atoms with Crippen molar-refractivity contribution in [3.05, 3.63) is 84.7 Å². The van der Waals surface area contributed by atoms with E-state index in [1.807, 2.05) is 35.2 Å². The van der Waals surface area contributed by atoms with Crippen molar-refractivity contribution in [1.29, 1.82) is 0 Å². The van der Waals surface area contributed by atoms with Crippen LogP contribution in [-0.2, 0) is 21.4 Å². The van der Waals surface area contributed by atoms with Gasteiger partial charge in [-0.2, -0.15) is 4.31 Å². The molecular formula is C23H25N5O3S. The van der Waals surface area contributed by atoms with Crippen LogP contribution in [0.15, 0.2) is 84.0 Å². The lowest BCUT2D eigenvalue weighted by Gasteiger charge is -2.35. The van der Waals surface area contributed by atoms with E-state index in [0.29, 0.717) is 32.1 Å². The Bertz CT molecular complexity index is 1120. The number of nitrogens with zero attached hydrogens (tertiary/aromatic N) is 5. The fourth-order valence-electron chi connectivity index (χ4n) is 3.62. The van der Waals surface area contributed by atoms with Gasteiger partial charge in [-0.3, -0.25) is 4.79 Å². The van der Waals surface area contributed by atoms with E-state index < -0.39 is 10.0 Å². The molecule has 3 aromatic rings. The molecule has 2 heterocycles. The number of hydrogen-bond acceptors (Lipinski definition) is 6. The second-order valence-corrected chi connectivity index (χ2v) is 9.43. The van der Waals surface area contributed by atoms with Gasteiger partial charge in [0.15, 0.2) is 0 Å². The van der Waals surface area contributed by atoms with Crippen molar-refractivity contribution in [2.24, 2.45) is 0 Å². The van der Waals surface area contributed by atoms with Gasteiger partial charge in [0.25, 0.3) is 0 Å². The van der Waals surface area contributed by atoms with Crippen LogP contribution in [0, 0.1) is 0 Å². The first kappa shape index (κ1) is 21.9. The standard InChI is InChI=1S/C23H25N5O3S/c29-22(26-14-16-27(17-15-26)23-24-12-7-13-25-23)19-28(18-20-8-3-1-4-9-20)32(30,31)21-10-5-2-6-11-21/h1-13H,14-19H2. The molecule has 1 saturated heterocycles. The molecule has 0 bridgehead atoms. The summed E-state index contributed by atoms with van der Waals surface area (Å²) in [6.45, 7) is 2.08. The fraction of sp³-hybridized carbons (Fsp3) is 0.261. The lowest BCUT2D eigenvalue weighted by molar-refractivity contribution is -0.131. The van der Waals surface area contributed by atoms with Gasteiger partial charge in [0.1, 0.15) is 0 Å². The third-order valence-corrected chi connectivity index (χ3v) is 7.17. The maximum Gasteiger partial charge on any atom is 0.243 e.